The molecule has 0 aliphatic heterocycles. The topological polar surface area (TPSA) is 85.4 Å². The number of anilines is 2. The van der Waals surface area contributed by atoms with Gasteiger partial charge in [0.2, 0.25) is 5.91 Å². The normalized spacial score (nSPS) is 12.0. The minimum atomic E-state index is -0.0769. The molecule has 3 aromatic rings. The van der Waals surface area contributed by atoms with Crippen LogP contribution >= 0.6 is 0 Å². The summed E-state index contributed by atoms with van der Waals surface area (Å²) in [5.74, 6) is 2.30. The number of aromatic nitrogens is 2. The van der Waals surface area contributed by atoms with Crippen molar-refractivity contribution in [3.63, 3.8) is 0 Å². The van der Waals surface area contributed by atoms with Gasteiger partial charge in [0.15, 0.2) is 11.5 Å². The summed E-state index contributed by atoms with van der Waals surface area (Å²) in [6.45, 7) is 4.99. The Morgan fingerprint density at radius 1 is 1.09 bits per heavy atom. The number of ether oxygens (including phenoxy) is 2. The largest absolute Gasteiger partial charge is 0.493 e. The molecule has 2 aromatic carbocycles. The van der Waals surface area contributed by atoms with Gasteiger partial charge in [-0.05, 0) is 42.2 Å². The number of hydrogen-bond acceptors (Lipinski definition) is 6. The monoisotopic (exact) mass is 434 g/mol. The second-order valence-electron chi connectivity index (χ2n) is 7.67. The number of nitrogens with one attached hydrogen (secondary N) is 2. The van der Waals surface area contributed by atoms with Gasteiger partial charge in [-0.1, -0.05) is 32.4 Å². The zero-order valence-corrected chi connectivity index (χ0v) is 19.0. The van der Waals surface area contributed by atoms with Crippen molar-refractivity contribution in [1.82, 2.24) is 15.3 Å². The Kier molecular flexibility index (Phi) is 8.02. The Bertz CT molecular complexity index is 1080. The Labute approximate surface area is 188 Å². The van der Waals surface area contributed by atoms with Crippen LogP contribution in [0.5, 0.6) is 11.5 Å². The van der Waals surface area contributed by atoms with Gasteiger partial charge >= 0.3 is 0 Å². The second kappa shape index (κ2) is 11.1. The van der Waals surface area contributed by atoms with Crippen molar-refractivity contribution < 1.29 is 14.3 Å². The van der Waals surface area contributed by atoms with Crippen LogP contribution in [0.2, 0.25) is 0 Å². The van der Waals surface area contributed by atoms with Crippen LogP contribution in [0.4, 0.5) is 11.5 Å². The van der Waals surface area contributed by atoms with E-state index in [1.165, 1.54) is 6.33 Å². The van der Waals surface area contributed by atoms with Crippen molar-refractivity contribution in [3.8, 4) is 11.5 Å². The number of rotatable bonds is 10. The zero-order valence-electron chi connectivity index (χ0n) is 19.0. The van der Waals surface area contributed by atoms with Crippen molar-refractivity contribution in [1.29, 1.82) is 0 Å². The lowest BCUT2D eigenvalue weighted by Gasteiger charge is -2.12. The molecule has 7 nitrogen and oxygen atoms in total. The van der Waals surface area contributed by atoms with Crippen molar-refractivity contribution in [2.75, 3.05) is 26.1 Å². The lowest BCUT2D eigenvalue weighted by molar-refractivity contribution is -0.116. The molecule has 1 amide bonds. The standard InChI is InChI=1S/C25H30N4O3/c1-5-6-17(2)15-26-24(30)12-9-18-7-10-19(11-8-18)29-25-20-13-22(31-3)23(32-4)14-21(20)27-16-28-25/h7-14,16-17H,5-6,15H2,1-4H3,(H,26,30)(H,27,28,29). The van der Waals surface area contributed by atoms with Crippen molar-refractivity contribution in [3.05, 3.63) is 54.4 Å². The predicted molar refractivity (Wildman–Crippen MR) is 128 cm³/mol. The zero-order chi connectivity index (χ0) is 22.9. The van der Waals surface area contributed by atoms with E-state index in [-0.39, 0.29) is 5.91 Å². The Morgan fingerprint density at radius 2 is 1.81 bits per heavy atom. The highest BCUT2D eigenvalue weighted by molar-refractivity contribution is 5.93. The molecule has 0 spiro atoms. The summed E-state index contributed by atoms with van der Waals surface area (Å²) in [6.07, 6.45) is 7.12. The van der Waals surface area contributed by atoms with Gasteiger partial charge in [-0.15, -0.1) is 0 Å². The molecule has 0 radical (unpaired) electrons. The number of carbonyl (C=O) groups excluding carboxylic acids is 1. The third-order valence-electron chi connectivity index (χ3n) is 5.15. The van der Waals surface area contributed by atoms with Gasteiger partial charge in [-0.2, -0.15) is 0 Å². The van der Waals surface area contributed by atoms with Gasteiger partial charge < -0.3 is 20.1 Å². The number of benzene rings is 2. The maximum atomic E-state index is 12.0. The average molecular weight is 435 g/mol. The first kappa shape index (κ1) is 23.1. The summed E-state index contributed by atoms with van der Waals surface area (Å²) in [4.78, 5) is 20.7. The number of nitrogens with zero attached hydrogens (tertiary/aromatic N) is 2. The molecule has 1 atom stereocenters. The molecule has 0 aliphatic rings. The maximum absolute atomic E-state index is 12.0. The van der Waals surface area contributed by atoms with Gasteiger partial charge in [0.05, 0.1) is 19.7 Å². The van der Waals surface area contributed by atoms with Gasteiger partial charge in [-0.3, -0.25) is 4.79 Å². The van der Waals surface area contributed by atoms with E-state index in [0.29, 0.717) is 29.8 Å². The van der Waals surface area contributed by atoms with Gasteiger partial charge in [0.25, 0.3) is 0 Å². The Balaban J connectivity index is 1.68. The van der Waals surface area contributed by atoms with Crippen LogP contribution in [0.15, 0.2) is 48.8 Å². The molecule has 1 unspecified atom stereocenters. The molecule has 0 fully saturated rings. The molecule has 1 aromatic heterocycles. The van der Waals surface area contributed by atoms with Crippen molar-refractivity contribution in [2.24, 2.45) is 5.92 Å². The number of fused-ring (bicyclic) bond motifs is 1. The molecule has 1 heterocycles. The summed E-state index contributed by atoms with van der Waals surface area (Å²) in [7, 11) is 3.19. The molecule has 3 rings (SSSR count). The highest BCUT2D eigenvalue weighted by atomic mass is 16.5. The molecular formula is C25H30N4O3. The van der Waals surface area contributed by atoms with E-state index in [2.05, 4.69) is 34.4 Å². The molecule has 2 N–H and O–H groups in total. The summed E-state index contributed by atoms with van der Waals surface area (Å²) in [5.41, 5.74) is 2.56. The van der Waals surface area contributed by atoms with E-state index in [1.54, 1.807) is 26.4 Å². The van der Waals surface area contributed by atoms with Crippen LogP contribution in [-0.4, -0.2) is 36.6 Å². The number of amides is 1. The van der Waals surface area contributed by atoms with Crippen molar-refractivity contribution >= 4 is 34.4 Å². The number of carbonyl (C=O) groups is 1. The lowest BCUT2D eigenvalue weighted by atomic mass is 10.1. The van der Waals surface area contributed by atoms with Crippen LogP contribution in [0.3, 0.4) is 0 Å². The minimum absolute atomic E-state index is 0.0769. The Hall–Kier alpha value is -3.61. The third-order valence-corrected chi connectivity index (χ3v) is 5.15. The molecule has 0 saturated heterocycles. The molecule has 7 heteroatoms. The minimum Gasteiger partial charge on any atom is -0.493 e. The van der Waals surface area contributed by atoms with E-state index in [9.17, 15) is 4.79 Å². The predicted octanol–water partition coefficient (Wildman–Crippen LogP) is 4.96. The molecule has 0 bridgehead atoms. The first-order valence-electron chi connectivity index (χ1n) is 10.7. The van der Waals surface area contributed by atoms with Gasteiger partial charge in [0.1, 0.15) is 12.1 Å². The van der Waals surface area contributed by atoms with E-state index in [0.717, 1.165) is 35.0 Å². The van der Waals surface area contributed by atoms with Crippen LogP contribution in [0, 0.1) is 5.92 Å². The van der Waals surface area contributed by atoms with Crippen LogP contribution < -0.4 is 20.1 Å². The quantitative estimate of drug-likeness (QED) is 0.439. The maximum Gasteiger partial charge on any atom is 0.244 e. The van der Waals surface area contributed by atoms with E-state index in [4.69, 9.17) is 9.47 Å². The molecular weight excluding hydrogens is 404 g/mol. The molecule has 32 heavy (non-hydrogen) atoms. The van der Waals surface area contributed by atoms with Gasteiger partial charge in [-0.25, -0.2) is 9.97 Å². The molecule has 168 valence electrons. The van der Waals surface area contributed by atoms with E-state index < -0.39 is 0 Å². The number of methoxy groups -OCH3 is 2. The average Bonchev–Trinajstić information content (AvgIpc) is 2.81. The summed E-state index contributed by atoms with van der Waals surface area (Å²) in [5, 5.41) is 7.09. The van der Waals surface area contributed by atoms with E-state index in [1.807, 2.05) is 36.4 Å². The fourth-order valence-corrected chi connectivity index (χ4v) is 3.40. The highest BCUT2D eigenvalue weighted by Crippen LogP contribution is 2.34. The van der Waals surface area contributed by atoms with Crippen molar-refractivity contribution in [2.45, 2.75) is 26.7 Å². The summed E-state index contributed by atoms with van der Waals surface area (Å²) in [6, 6.07) is 11.4. The van der Waals surface area contributed by atoms with Crippen LogP contribution in [-0.2, 0) is 4.79 Å². The number of hydrogen-bond donors (Lipinski definition) is 2. The molecule has 0 saturated carbocycles. The van der Waals surface area contributed by atoms with Crippen LogP contribution in [0.25, 0.3) is 17.0 Å². The third kappa shape index (κ3) is 5.97. The first-order chi connectivity index (χ1) is 15.5. The Morgan fingerprint density at radius 3 is 2.50 bits per heavy atom. The fraction of sp³-hybridized carbons (Fsp3) is 0.320. The smallest absolute Gasteiger partial charge is 0.244 e. The highest BCUT2D eigenvalue weighted by Gasteiger charge is 2.11. The molecule has 0 aliphatic carbocycles. The van der Waals surface area contributed by atoms with E-state index >= 15 is 0 Å². The lowest BCUT2D eigenvalue weighted by Crippen LogP contribution is -2.26. The summed E-state index contributed by atoms with van der Waals surface area (Å²) < 4.78 is 10.8. The fourth-order valence-electron chi connectivity index (χ4n) is 3.40. The first-order valence-corrected chi connectivity index (χ1v) is 10.7. The van der Waals surface area contributed by atoms with Gasteiger partial charge in [0, 0.05) is 29.8 Å². The second-order valence-corrected chi connectivity index (χ2v) is 7.67. The van der Waals surface area contributed by atoms with Crippen LogP contribution in [0.1, 0.15) is 32.3 Å². The summed E-state index contributed by atoms with van der Waals surface area (Å²) >= 11 is 0. The SMILES string of the molecule is CCCC(C)CNC(=O)C=Cc1ccc(Nc2ncnc3cc(OC)c(OC)cc23)cc1.